The van der Waals surface area contributed by atoms with E-state index in [1.165, 1.54) is 36.4 Å². The minimum atomic E-state index is -5.07. The van der Waals surface area contributed by atoms with Gasteiger partial charge in [0.2, 0.25) is 0 Å². The van der Waals surface area contributed by atoms with Crippen molar-refractivity contribution in [2.24, 2.45) is 0 Å². The van der Waals surface area contributed by atoms with Gasteiger partial charge < -0.3 is 11.1 Å². The predicted octanol–water partition coefficient (Wildman–Crippen LogP) is 3.77. The Kier molecular flexibility index (Phi) is 5.61. The Morgan fingerprint density at radius 1 is 1.03 bits per heavy atom. The molecule has 1 atom stereocenters. The van der Waals surface area contributed by atoms with Gasteiger partial charge in [-0.25, -0.2) is 9.67 Å². The first-order valence-electron chi connectivity index (χ1n) is 8.58. The molecule has 0 spiro atoms. The number of anilines is 1. The van der Waals surface area contributed by atoms with E-state index < -0.39 is 41.0 Å². The topological polar surface area (TPSA) is 98.7 Å². The summed E-state index contributed by atoms with van der Waals surface area (Å²) in [5.41, 5.74) is 2.11. The number of nitrogens with one attached hydrogen (secondary N) is 1. The molecule has 0 aliphatic heterocycles. The van der Waals surface area contributed by atoms with Crippen molar-refractivity contribution in [1.82, 2.24) is 25.1 Å². The minimum absolute atomic E-state index is 0.0525. The van der Waals surface area contributed by atoms with Gasteiger partial charge >= 0.3 is 12.4 Å². The molecule has 0 saturated heterocycles. The summed E-state index contributed by atoms with van der Waals surface area (Å²) in [6.45, 7) is 1.44. The second-order valence-corrected chi connectivity index (χ2v) is 6.47. The second kappa shape index (κ2) is 7.89. The van der Waals surface area contributed by atoms with Gasteiger partial charge in [0.25, 0.3) is 5.91 Å². The minimum Gasteiger partial charge on any atom is -0.396 e. The van der Waals surface area contributed by atoms with Gasteiger partial charge in [-0.05, 0) is 25.1 Å². The SMILES string of the molecule is CC(NC(=O)c1cc(C(F)(F)F)cc(C(F)(F)F)c1)c1nccnc1-n1cc(N)cn1. The average molecular weight is 444 g/mol. The number of hydrogen-bond donors (Lipinski definition) is 2. The average Bonchev–Trinajstić information content (AvgIpc) is 3.12. The Hall–Kier alpha value is -3.64. The normalized spacial score (nSPS) is 13.1. The first-order chi connectivity index (χ1) is 14.4. The molecule has 0 aliphatic carbocycles. The van der Waals surface area contributed by atoms with Gasteiger partial charge in [0.05, 0.1) is 35.2 Å². The molecule has 164 valence electrons. The maximum Gasteiger partial charge on any atom is 0.416 e. The fourth-order valence-corrected chi connectivity index (χ4v) is 2.71. The first kappa shape index (κ1) is 22.1. The van der Waals surface area contributed by atoms with Crippen molar-refractivity contribution < 1.29 is 31.1 Å². The quantitative estimate of drug-likeness (QED) is 0.597. The molecular formula is C18H14F6N6O. The monoisotopic (exact) mass is 444 g/mol. The van der Waals surface area contributed by atoms with Gasteiger partial charge in [0, 0.05) is 18.0 Å². The zero-order valence-corrected chi connectivity index (χ0v) is 15.7. The van der Waals surface area contributed by atoms with Gasteiger partial charge in [0.15, 0.2) is 5.82 Å². The predicted molar refractivity (Wildman–Crippen MR) is 95.9 cm³/mol. The molecule has 0 radical (unpaired) electrons. The molecule has 2 heterocycles. The Morgan fingerprint density at radius 3 is 2.13 bits per heavy atom. The lowest BCUT2D eigenvalue weighted by atomic mass is 10.0. The number of amides is 1. The summed E-state index contributed by atoms with van der Waals surface area (Å²) in [5.74, 6) is -0.979. The van der Waals surface area contributed by atoms with Gasteiger partial charge in [-0.15, -0.1) is 0 Å². The van der Waals surface area contributed by atoms with E-state index in [4.69, 9.17) is 5.73 Å². The van der Waals surface area contributed by atoms with Crippen molar-refractivity contribution in [2.75, 3.05) is 5.73 Å². The Labute approximate surface area is 170 Å². The number of halogens is 6. The number of nitrogens with zero attached hydrogens (tertiary/aromatic N) is 4. The molecule has 0 saturated carbocycles. The largest absolute Gasteiger partial charge is 0.416 e. The summed E-state index contributed by atoms with van der Waals surface area (Å²) in [6, 6.07) is -0.291. The fourth-order valence-electron chi connectivity index (χ4n) is 2.71. The van der Waals surface area contributed by atoms with E-state index in [2.05, 4.69) is 20.4 Å². The van der Waals surface area contributed by atoms with Crippen LogP contribution in [-0.2, 0) is 12.4 Å². The molecule has 0 bridgehead atoms. The Morgan fingerprint density at radius 2 is 1.61 bits per heavy atom. The van der Waals surface area contributed by atoms with E-state index in [1.807, 2.05) is 0 Å². The van der Waals surface area contributed by atoms with Crippen LogP contribution in [0.15, 0.2) is 43.0 Å². The maximum atomic E-state index is 13.0. The second-order valence-electron chi connectivity index (χ2n) is 6.47. The third-order valence-corrected chi connectivity index (χ3v) is 4.13. The highest BCUT2D eigenvalue weighted by Crippen LogP contribution is 2.36. The molecule has 1 amide bonds. The summed E-state index contributed by atoms with van der Waals surface area (Å²) in [6.07, 6.45) is -4.73. The van der Waals surface area contributed by atoms with Crippen molar-refractivity contribution in [1.29, 1.82) is 0 Å². The van der Waals surface area contributed by atoms with E-state index in [-0.39, 0.29) is 17.6 Å². The van der Waals surface area contributed by atoms with Crippen LogP contribution in [0.3, 0.4) is 0 Å². The Bertz CT molecular complexity index is 1080. The van der Waals surface area contributed by atoms with Crippen LogP contribution in [0.1, 0.15) is 40.1 Å². The van der Waals surface area contributed by atoms with E-state index in [1.54, 1.807) is 0 Å². The number of aromatic nitrogens is 4. The van der Waals surface area contributed by atoms with Crippen LogP contribution in [0.25, 0.3) is 5.82 Å². The zero-order valence-electron chi connectivity index (χ0n) is 15.7. The van der Waals surface area contributed by atoms with Crippen LogP contribution >= 0.6 is 0 Å². The maximum absolute atomic E-state index is 13.0. The number of hydrogen-bond acceptors (Lipinski definition) is 5. The standard InChI is InChI=1S/C18H14F6N6O/c1-9(14-15(27-3-2-26-14)30-8-13(25)7-28-30)29-16(31)10-4-11(17(19,20)21)6-12(5-10)18(22,23)24/h2-9H,25H2,1H3,(H,29,31). The molecular weight excluding hydrogens is 430 g/mol. The van der Waals surface area contributed by atoms with Crippen LogP contribution in [0.4, 0.5) is 32.0 Å². The summed E-state index contributed by atoms with van der Waals surface area (Å²) in [5, 5.41) is 6.31. The van der Waals surface area contributed by atoms with Crippen LogP contribution < -0.4 is 11.1 Å². The number of alkyl halides is 6. The lowest BCUT2D eigenvalue weighted by molar-refractivity contribution is -0.143. The lowest BCUT2D eigenvalue weighted by Crippen LogP contribution is -2.29. The number of nitrogens with two attached hydrogens (primary N) is 1. The highest BCUT2D eigenvalue weighted by molar-refractivity contribution is 5.95. The summed E-state index contributed by atoms with van der Waals surface area (Å²) >= 11 is 0. The van der Waals surface area contributed by atoms with Crippen molar-refractivity contribution >= 4 is 11.6 Å². The summed E-state index contributed by atoms with van der Waals surface area (Å²) in [7, 11) is 0. The summed E-state index contributed by atoms with van der Waals surface area (Å²) < 4.78 is 79.5. The van der Waals surface area contributed by atoms with E-state index in [9.17, 15) is 31.1 Å². The fraction of sp³-hybridized carbons (Fsp3) is 0.222. The molecule has 1 aromatic carbocycles. The van der Waals surface area contributed by atoms with Gasteiger partial charge in [-0.3, -0.25) is 9.78 Å². The van der Waals surface area contributed by atoms with Crippen molar-refractivity contribution in [3.8, 4) is 5.82 Å². The summed E-state index contributed by atoms with van der Waals surface area (Å²) in [4.78, 5) is 20.7. The highest BCUT2D eigenvalue weighted by Gasteiger charge is 2.37. The number of rotatable bonds is 4. The first-order valence-corrected chi connectivity index (χ1v) is 8.58. The smallest absolute Gasteiger partial charge is 0.396 e. The van der Waals surface area contributed by atoms with Crippen LogP contribution in [0, 0.1) is 0 Å². The van der Waals surface area contributed by atoms with Gasteiger partial charge in [-0.1, -0.05) is 0 Å². The molecule has 31 heavy (non-hydrogen) atoms. The van der Waals surface area contributed by atoms with E-state index >= 15 is 0 Å². The van der Waals surface area contributed by atoms with Gasteiger partial charge in [-0.2, -0.15) is 31.4 Å². The molecule has 3 rings (SSSR count). The van der Waals surface area contributed by atoms with Crippen molar-refractivity contribution in [3.05, 3.63) is 65.4 Å². The number of nitrogen functional groups attached to an aromatic ring is 1. The molecule has 7 nitrogen and oxygen atoms in total. The molecule has 3 aromatic rings. The lowest BCUT2D eigenvalue weighted by Gasteiger charge is -2.18. The van der Waals surface area contributed by atoms with E-state index in [0.717, 1.165) is 0 Å². The van der Waals surface area contributed by atoms with Gasteiger partial charge in [0.1, 0.15) is 5.69 Å². The Balaban J connectivity index is 1.94. The zero-order chi connectivity index (χ0) is 23.0. The number of carbonyl (C=O) groups excluding carboxylic acids is 1. The highest BCUT2D eigenvalue weighted by atomic mass is 19.4. The third-order valence-electron chi connectivity index (χ3n) is 4.13. The van der Waals surface area contributed by atoms with Crippen LogP contribution in [-0.4, -0.2) is 25.7 Å². The molecule has 2 aromatic heterocycles. The number of benzene rings is 1. The third kappa shape index (κ3) is 4.92. The van der Waals surface area contributed by atoms with Crippen molar-refractivity contribution in [2.45, 2.75) is 25.3 Å². The molecule has 0 fully saturated rings. The molecule has 13 heteroatoms. The molecule has 0 aliphatic rings. The van der Waals surface area contributed by atoms with Crippen LogP contribution in [0.5, 0.6) is 0 Å². The molecule has 1 unspecified atom stereocenters. The van der Waals surface area contributed by atoms with Crippen LogP contribution in [0.2, 0.25) is 0 Å². The van der Waals surface area contributed by atoms with Crippen molar-refractivity contribution in [3.63, 3.8) is 0 Å². The molecule has 3 N–H and O–H groups in total. The van der Waals surface area contributed by atoms with E-state index in [0.29, 0.717) is 17.8 Å². The number of carbonyl (C=O) groups is 1.